The molecule has 2 aromatic rings. The largest absolute Gasteiger partial charge is 0.626 e. The number of halogens is 1. The van der Waals surface area contributed by atoms with Crippen molar-refractivity contribution in [1.82, 2.24) is 4.65 Å². The lowest BCUT2D eigenvalue weighted by Gasteiger charge is -2.54. The van der Waals surface area contributed by atoms with Gasteiger partial charge in [0.15, 0.2) is 0 Å². The Morgan fingerprint density at radius 3 is 2.33 bits per heavy atom. The van der Waals surface area contributed by atoms with Gasteiger partial charge in [0.05, 0.1) is 0 Å². The third kappa shape index (κ3) is 2.71. The zero-order chi connectivity index (χ0) is 14.9. The van der Waals surface area contributed by atoms with E-state index in [1.165, 1.54) is 0 Å². The number of hydroxylamine groups is 2. The van der Waals surface area contributed by atoms with Crippen molar-refractivity contribution in [3.63, 3.8) is 0 Å². The van der Waals surface area contributed by atoms with Crippen molar-refractivity contribution in [2.24, 2.45) is 0 Å². The van der Waals surface area contributed by atoms with Gasteiger partial charge in [0.2, 0.25) is 0 Å². The molecule has 3 atom stereocenters. The maximum absolute atomic E-state index is 13.7. The van der Waals surface area contributed by atoms with Crippen molar-refractivity contribution in [3.05, 3.63) is 70.4 Å². The molecule has 0 aromatic heterocycles. The highest BCUT2D eigenvalue weighted by atomic mass is 35.5. The number of rotatable bonds is 2. The first kappa shape index (κ1) is 14.9. The molecule has 0 bridgehead atoms. The Morgan fingerprint density at radius 2 is 1.67 bits per heavy atom. The van der Waals surface area contributed by atoms with Gasteiger partial charge in [0.25, 0.3) is 0 Å². The third-order valence-corrected chi connectivity index (χ3v) is 5.11. The van der Waals surface area contributed by atoms with Crippen LogP contribution in [-0.4, -0.2) is 5.37 Å². The van der Waals surface area contributed by atoms with Crippen LogP contribution in [0.4, 0.5) is 5.69 Å². The van der Waals surface area contributed by atoms with Gasteiger partial charge < -0.3 is 9.85 Å². The number of para-hydroxylation sites is 1. The van der Waals surface area contributed by atoms with Crippen molar-refractivity contribution in [2.75, 3.05) is 0 Å². The number of thiol groups is 1. The number of nitrogens with zero attached hydrogens (tertiary/aromatic N) is 1. The molecule has 1 saturated heterocycles. The summed E-state index contributed by atoms with van der Waals surface area (Å²) in [4.78, 5) is 0. The topological polar surface area (TPSA) is 23.1 Å². The first-order valence-electron chi connectivity index (χ1n) is 7.21. The molecule has 21 heavy (non-hydrogen) atoms. The molecule has 3 rings (SSSR count). The summed E-state index contributed by atoms with van der Waals surface area (Å²) < 4.78 is -0.397. The monoisotopic (exact) mass is 319 g/mol. The molecule has 0 aliphatic carbocycles. The molecule has 1 aliphatic heterocycles. The number of quaternary nitrogens is 1. The van der Waals surface area contributed by atoms with E-state index in [1.807, 2.05) is 54.6 Å². The Morgan fingerprint density at radius 1 is 1.00 bits per heavy atom. The highest BCUT2D eigenvalue weighted by Gasteiger charge is 2.41. The van der Waals surface area contributed by atoms with E-state index in [-0.39, 0.29) is 11.4 Å². The smallest absolute Gasteiger partial charge is 0.138 e. The Kier molecular flexibility index (Phi) is 4.27. The van der Waals surface area contributed by atoms with Gasteiger partial charge in [-0.3, -0.25) is 0 Å². The molecule has 0 spiro atoms. The minimum Gasteiger partial charge on any atom is -0.626 e. The fraction of sp³-hybridized carbons (Fsp3) is 0.294. The van der Waals surface area contributed by atoms with Gasteiger partial charge in [0, 0.05) is 23.4 Å². The van der Waals surface area contributed by atoms with Crippen LogP contribution in [-0.2, 0) is 0 Å². The lowest BCUT2D eigenvalue weighted by molar-refractivity contribution is 0.198. The van der Waals surface area contributed by atoms with Crippen molar-refractivity contribution < 1.29 is 0 Å². The van der Waals surface area contributed by atoms with E-state index in [1.54, 1.807) is 0 Å². The first-order chi connectivity index (χ1) is 10.1. The van der Waals surface area contributed by atoms with E-state index in [4.69, 9.17) is 11.6 Å². The lowest BCUT2D eigenvalue weighted by Crippen LogP contribution is -2.54. The lowest BCUT2D eigenvalue weighted by atomic mass is 9.93. The fourth-order valence-electron chi connectivity index (χ4n) is 3.17. The Hall–Kier alpha value is -1.00. The maximum atomic E-state index is 13.7. The molecule has 1 heterocycles. The second-order valence-electron chi connectivity index (χ2n) is 5.52. The summed E-state index contributed by atoms with van der Waals surface area (Å²) in [5, 5.41) is 14.2. The van der Waals surface area contributed by atoms with Gasteiger partial charge in [-0.1, -0.05) is 41.9 Å². The van der Waals surface area contributed by atoms with E-state index in [2.05, 4.69) is 12.6 Å². The number of hydrogen-bond donors (Lipinski definition) is 1. The SMILES string of the molecule is [O-][N+]1(c2ccccc2)C(S)CCCC1c1ccc(Cl)cc1. The van der Waals surface area contributed by atoms with Gasteiger partial charge in [-0.15, -0.1) is 12.6 Å². The summed E-state index contributed by atoms with van der Waals surface area (Å²) in [5.74, 6) is 0. The zero-order valence-corrected chi connectivity index (χ0v) is 13.3. The van der Waals surface area contributed by atoms with Crippen molar-refractivity contribution in [3.8, 4) is 0 Å². The molecule has 3 unspecified atom stereocenters. The van der Waals surface area contributed by atoms with Crippen molar-refractivity contribution in [1.29, 1.82) is 0 Å². The summed E-state index contributed by atoms with van der Waals surface area (Å²) in [5.41, 5.74) is 1.81. The molecule has 4 heteroatoms. The van der Waals surface area contributed by atoms with Crippen LogP contribution in [0.25, 0.3) is 0 Å². The van der Waals surface area contributed by atoms with E-state index in [9.17, 15) is 5.21 Å². The molecule has 0 amide bonds. The normalized spacial score (nSPS) is 29.3. The summed E-state index contributed by atoms with van der Waals surface area (Å²) in [6.07, 6.45) is 2.74. The van der Waals surface area contributed by atoms with Crippen LogP contribution >= 0.6 is 24.2 Å². The molecule has 1 fully saturated rings. The highest BCUT2D eigenvalue weighted by Crippen LogP contribution is 2.45. The minimum atomic E-state index is -0.397. The van der Waals surface area contributed by atoms with Gasteiger partial charge in [-0.25, -0.2) is 0 Å². The minimum absolute atomic E-state index is 0.124. The van der Waals surface area contributed by atoms with Crippen LogP contribution in [0.15, 0.2) is 54.6 Å². The van der Waals surface area contributed by atoms with Crippen molar-refractivity contribution in [2.45, 2.75) is 30.7 Å². The summed E-state index contributed by atoms with van der Waals surface area (Å²) in [6.45, 7) is 0. The van der Waals surface area contributed by atoms with Crippen LogP contribution in [0.5, 0.6) is 0 Å². The van der Waals surface area contributed by atoms with Crippen LogP contribution in [0, 0.1) is 5.21 Å². The molecule has 2 aromatic carbocycles. The third-order valence-electron chi connectivity index (χ3n) is 4.26. The predicted molar refractivity (Wildman–Crippen MR) is 92.4 cm³/mol. The Labute approximate surface area is 135 Å². The van der Waals surface area contributed by atoms with Gasteiger partial charge in [-0.05, 0) is 30.7 Å². The number of piperidine rings is 1. The fourth-order valence-corrected chi connectivity index (χ4v) is 3.77. The van der Waals surface area contributed by atoms with Crippen LogP contribution in [0.3, 0.4) is 0 Å². The summed E-state index contributed by atoms with van der Waals surface area (Å²) in [7, 11) is 0. The first-order valence-corrected chi connectivity index (χ1v) is 8.10. The quantitative estimate of drug-likeness (QED) is 0.451. The molecule has 1 aliphatic rings. The van der Waals surface area contributed by atoms with Gasteiger partial charge in [-0.2, -0.15) is 0 Å². The summed E-state index contributed by atoms with van der Waals surface area (Å²) in [6, 6.07) is 17.1. The predicted octanol–water partition coefficient (Wildman–Crippen LogP) is 5.33. The standard InChI is InChI=1S/C17H18ClNOS/c18-14-11-9-13(10-12-14)16-7-4-8-17(21)19(16,20)15-5-2-1-3-6-15/h1-3,5-6,9-12,16-17,21H,4,7-8H2. The van der Waals surface area contributed by atoms with E-state index >= 15 is 0 Å². The van der Waals surface area contributed by atoms with Crippen LogP contribution in [0.1, 0.15) is 30.9 Å². The van der Waals surface area contributed by atoms with Gasteiger partial charge >= 0.3 is 0 Å². The molecule has 2 nitrogen and oxygen atoms in total. The number of benzene rings is 2. The second-order valence-corrected chi connectivity index (χ2v) is 6.56. The molecular formula is C17H18ClNOS. The molecule has 110 valence electrons. The number of hydrogen-bond acceptors (Lipinski definition) is 2. The molecule has 0 radical (unpaired) electrons. The average molecular weight is 320 g/mol. The van der Waals surface area contributed by atoms with E-state index in [0.717, 1.165) is 30.5 Å². The van der Waals surface area contributed by atoms with Crippen molar-refractivity contribution >= 4 is 29.9 Å². The average Bonchev–Trinajstić information content (AvgIpc) is 2.52. The van der Waals surface area contributed by atoms with E-state index in [0.29, 0.717) is 5.02 Å². The van der Waals surface area contributed by atoms with Crippen LogP contribution in [0.2, 0.25) is 5.02 Å². The second kappa shape index (κ2) is 6.01. The Bertz CT molecular complexity index is 604. The summed E-state index contributed by atoms with van der Waals surface area (Å²) >= 11 is 10.6. The van der Waals surface area contributed by atoms with Gasteiger partial charge in [0.1, 0.15) is 17.1 Å². The van der Waals surface area contributed by atoms with E-state index < -0.39 is 4.65 Å². The molecule has 0 saturated carbocycles. The highest BCUT2D eigenvalue weighted by molar-refractivity contribution is 7.81. The molecule has 0 N–H and O–H groups in total. The zero-order valence-electron chi connectivity index (χ0n) is 11.7. The maximum Gasteiger partial charge on any atom is 0.138 e. The van der Waals surface area contributed by atoms with Crippen LogP contribution < -0.4 is 4.65 Å². The Balaban J connectivity index is 2.06. The molecular weight excluding hydrogens is 302 g/mol.